The molecule has 0 radical (unpaired) electrons. The standard InChI is InChI=1S/C11H15ClN2.CH4O3S/c12-11-3-1-10(2-4-11)9-14-7-5-13-6-8-14;1-5(2,3)4/h1-4,13H,5-9H2;1H3,(H,2,3,4). The Hall–Kier alpha value is -0.660. The zero-order chi connectivity index (χ0) is 14.3. The highest BCUT2D eigenvalue weighted by atomic mass is 35.5. The van der Waals surface area contributed by atoms with Crippen molar-refractivity contribution in [2.45, 2.75) is 6.54 Å². The second-order valence-corrected chi connectivity index (χ2v) is 6.29. The Morgan fingerprint density at radius 2 is 1.74 bits per heavy atom. The fraction of sp³-hybridized carbons (Fsp3) is 0.500. The number of benzene rings is 1. The van der Waals surface area contributed by atoms with Crippen molar-refractivity contribution in [2.24, 2.45) is 0 Å². The summed E-state index contributed by atoms with van der Waals surface area (Å²) in [6.07, 6.45) is 0.715. The number of rotatable bonds is 2. The second kappa shape index (κ2) is 7.81. The van der Waals surface area contributed by atoms with Crippen molar-refractivity contribution in [3.8, 4) is 0 Å². The predicted octanol–water partition coefficient (Wildman–Crippen LogP) is 1.25. The minimum atomic E-state index is -3.67. The topological polar surface area (TPSA) is 69.6 Å². The van der Waals surface area contributed by atoms with Crippen LogP contribution in [0.2, 0.25) is 5.02 Å². The van der Waals surface area contributed by atoms with Crippen LogP contribution in [0.4, 0.5) is 0 Å². The van der Waals surface area contributed by atoms with Crippen molar-refractivity contribution >= 4 is 21.7 Å². The van der Waals surface area contributed by atoms with E-state index in [0.717, 1.165) is 37.7 Å². The van der Waals surface area contributed by atoms with E-state index < -0.39 is 10.1 Å². The molecule has 0 amide bonds. The van der Waals surface area contributed by atoms with E-state index in [2.05, 4.69) is 22.3 Å². The van der Waals surface area contributed by atoms with Gasteiger partial charge < -0.3 is 5.32 Å². The lowest BCUT2D eigenvalue weighted by atomic mass is 10.2. The van der Waals surface area contributed by atoms with Crippen molar-refractivity contribution in [3.05, 3.63) is 34.9 Å². The molecule has 0 unspecified atom stereocenters. The van der Waals surface area contributed by atoms with Gasteiger partial charge in [0.2, 0.25) is 0 Å². The summed E-state index contributed by atoms with van der Waals surface area (Å²) in [6.45, 7) is 5.53. The third kappa shape index (κ3) is 8.96. The summed E-state index contributed by atoms with van der Waals surface area (Å²) in [5.41, 5.74) is 1.34. The molecule has 1 aromatic rings. The number of hydrogen-bond donors (Lipinski definition) is 2. The van der Waals surface area contributed by atoms with Crippen molar-refractivity contribution in [1.82, 2.24) is 10.2 Å². The number of nitrogens with zero attached hydrogens (tertiary/aromatic N) is 1. The maximum atomic E-state index is 9.19. The van der Waals surface area contributed by atoms with Gasteiger partial charge in [-0.3, -0.25) is 9.45 Å². The molecule has 1 heterocycles. The monoisotopic (exact) mass is 306 g/mol. The first-order valence-corrected chi connectivity index (χ1v) is 8.17. The summed E-state index contributed by atoms with van der Waals surface area (Å²) in [4.78, 5) is 2.46. The molecule has 108 valence electrons. The SMILES string of the molecule is CS(=O)(=O)O.Clc1ccc(CN2CCNCC2)cc1. The van der Waals surface area contributed by atoms with E-state index in [-0.39, 0.29) is 0 Å². The van der Waals surface area contributed by atoms with Crippen molar-refractivity contribution in [1.29, 1.82) is 0 Å². The van der Waals surface area contributed by atoms with Gasteiger partial charge in [0.15, 0.2) is 0 Å². The summed E-state index contributed by atoms with van der Waals surface area (Å²) in [7, 11) is -3.67. The Morgan fingerprint density at radius 3 is 2.21 bits per heavy atom. The average Bonchev–Trinajstić information content (AvgIpc) is 2.31. The zero-order valence-electron chi connectivity index (χ0n) is 10.8. The molecule has 5 nitrogen and oxygen atoms in total. The van der Waals surface area contributed by atoms with Crippen LogP contribution in [0.3, 0.4) is 0 Å². The molecule has 7 heteroatoms. The molecule has 0 saturated carbocycles. The normalized spacial score (nSPS) is 16.6. The minimum absolute atomic E-state index is 0.715. The third-order valence-corrected chi connectivity index (χ3v) is 2.78. The molecule has 0 aliphatic carbocycles. The highest BCUT2D eigenvalue weighted by Crippen LogP contribution is 2.11. The lowest BCUT2D eigenvalue weighted by molar-refractivity contribution is 0.233. The van der Waals surface area contributed by atoms with Gasteiger partial charge >= 0.3 is 0 Å². The first-order valence-electron chi connectivity index (χ1n) is 5.94. The lowest BCUT2D eigenvalue weighted by Gasteiger charge is -2.27. The molecule has 1 saturated heterocycles. The lowest BCUT2D eigenvalue weighted by Crippen LogP contribution is -2.42. The van der Waals surface area contributed by atoms with Gasteiger partial charge in [-0.05, 0) is 17.7 Å². The molecule has 19 heavy (non-hydrogen) atoms. The second-order valence-electron chi connectivity index (χ2n) is 4.39. The molecule has 1 aromatic carbocycles. The van der Waals surface area contributed by atoms with Gasteiger partial charge in [0.1, 0.15) is 0 Å². The summed E-state index contributed by atoms with van der Waals surface area (Å²) in [5.74, 6) is 0. The van der Waals surface area contributed by atoms with E-state index in [9.17, 15) is 8.42 Å². The van der Waals surface area contributed by atoms with Crippen LogP contribution in [0.15, 0.2) is 24.3 Å². The van der Waals surface area contributed by atoms with E-state index >= 15 is 0 Å². The largest absolute Gasteiger partial charge is 0.314 e. The van der Waals surface area contributed by atoms with Gasteiger partial charge in [0.25, 0.3) is 10.1 Å². The Kier molecular flexibility index (Phi) is 6.74. The van der Waals surface area contributed by atoms with Crippen LogP contribution in [0, 0.1) is 0 Å². The van der Waals surface area contributed by atoms with E-state index in [1.807, 2.05) is 12.1 Å². The predicted molar refractivity (Wildman–Crippen MR) is 77.1 cm³/mol. The Balaban J connectivity index is 0.000000312. The number of piperazine rings is 1. The van der Waals surface area contributed by atoms with Crippen LogP contribution in [-0.2, 0) is 16.7 Å². The van der Waals surface area contributed by atoms with Crippen LogP contribution in [0.1, 0.15) is 5.56 Å². The van der Waals surface area contributed by atoms with E-state index in [1.165, 1.54) is 5.56 Å². The van der Waals surface area contributed by atoms with Gasteiger partial charge in [-0.1, -0.05) is 23.7 Å². The molecule has 1 fully saturated rings. The summed E-state index contributed by atoms with van der Waals surface area (Å²) in [6, 6.07) is 8.12. The highest BCUT2D eigenvalue weighted by molar-refractivity contribution is 7.85. The van der Waals surface area contributed by atoms with Gasteiger partial charge in [0.05, 0.1) is 6.26 Å². The molecule has 2 rings (SSSR count). The first kappa shape index (κ1) is 16.4. The fourth-order valence-corrected chi connectivity index (χ4v) is 1.84. The Labute approximate surface area is 119 Å². The zero-order valence-corrected chi connectivity index (χ0v) is 12.4. The quantitative estimate of drug-likeness (QED) is 0.805. The summed E-state index contributed by atoms with van der Waals surface area (Å²) >= 11 is 5.83. The van der Waals surface area contributed by atoms with Crippen LogP contribution >= 0.6 is 11.6 Å². The molecule has 0 atom stereocenters. The smallest absolute Gasteiger partial charge is 0.261 e. The highest BCUT2D eigenvalue weighted by Gasteiger charge is 2.09. The molecular formula is C12H19ClN2O3S. The number of halogens is 1. The van der Waals surface area contributed by atoms with Crippen LogP contribution < -0.4 is 5.32 Å². The van der Waals surface area contributed by atoms with Crippen LogP contribution in [-0.4, -0.2) is 50.3 Å². The van der Waals surface area contributed by atoms with Crippen LogP contribution in [0.5, 0.6) is 0 Å². The average molecular weight is 307 g/mol. The van der Waals surface area contributed by atoms with Gasteiger partial charge in [0, 0.05) is 37.7 Å². The molecule has 0 spiro atoms. The summed E-state index contributed by atoms with van der Waals surface area (Å²) in [5, 5.41) is 4.16. The van der Waals surface area contributed by atoms with Crippen LogP contribution in [0.25, 0.3) is 0 Å². The number of nitrogens with one attached hydrogen (secondary N) is 1. The van der Waals surface area contributed by atoms with E-state index in [0.29, 0.717) is 6.26 Å². The van der Waals surface area contributed by atoms with Crippen molar-refractivity contribution in [3.63, 3.8) is 0 Å². The summed E-state index contributed by atoms with van der Waals surface area (Å²) < 4.78 is 25.9. The van der Waals surface area contributed by atoms with E-state index in [4.69, 9.17) is 16.2 Å². The third-order valence-electron chi connectivity index (χ3n) is 2.53. The van der Waals surface area contributed by atoms with Crippen molar-refractivity contribution in [2.75, 3.05) is 32.4 Å². The molecule has 0 bridgehead atoms. The molecular weight excluding hydrogens is 288 g/mol. The molecule has 0 aromatic heterocycles. The number of hydrogen-bond acceptors (Lipinski definition) is 4. The van der Waals surface area contributed by atoms with Gasteiger partial charge in [-0.15, -0.1) is 0 Å². The van der Waals surface area contributed by atoms with Gasteiger partial charge in [-0.25, -0.2) is 0 Å². The fourth-order valence-electron chi connectivity index (χ4n) is 1.72. The maximum Gasteiger partial charge on any atom is 0.261 e. The van der Waals surface area contributed by atoms with E-state index in [1.54, 1.807) is 0 Å². The molecule has 1 aliphatic rings. The molecule has 2 N–H and O–H groups in total. The molecule has 1 aliphatic heterocycles. The van der Waals surface area contributed by atoms with Gasteiger partial charge in [-0.2, -0.15) is 8.42 Å². The minimum Gasteiger partial charge on any atom is -0.314 e. The maximum absolute atomic E-state index is 9.19. The first-order chi connectivity index (χ1) is 8.84. The Morgan fingerprint density at radius 1 is 1.26 bits per heavy atom. The Bertz CT molecular complexity index is 462. The van der Waals surface area contributed by atoms with Crippen molar-refractivity contribution < 1.29 is 13.0 Å².